The SMILES string of the molecule is C=Cn1cc(CNCCCOC2CCCCC2)cn1. The van der Waals surface area contributed by atoms with E-state index >= 15 is 0 Å². The van der Waals surface area contributed by atoms with Gasteiger partial charge >= 0.3 is 0 Å². The molecule has 1 N–H and O–H groups in total. The summed E-state index contributed by atoms with van der Waals surface area (Å²) in [5.74, 6) is 0. The highest BCUT2D eigenvalue weighted by molar-refractivity contribution is 5.17. The average molecular weight is 263 g/mol. The van der Waals surface area contributed by atoms with Gasteiger partial charge in [-0.15, -0.1) is 0 Å². The molecule has 1 aliphatic carbocycles. The molecular formula is C15H25N3O. The van der Waals surface area contributed by atoms with Crippen LogP contribution in [0.15, 0.2) is 19.0 Å². The molecule has 0 saturated heterocycles. The van der Waals surface area contributed by atoms with E-state index in [-0.39, 0.29) is 0 Å². The van der Waals surface area contributed by atoms with Crippen LogP contribution in [0.4, 0.5) is 0 Å². The molecule has 106 valence electrons. The summed E-state index contributed by atoms with van der Waals surface area (Å²) in [5.41, 5.74) is 1.19. The third-order valence-electron chi connectivity index (χ3n) is 3.57. The van der Waals surface area contributed by atoms with Gasteiger partial charge in [0, 0.05) is 31.1 Å². The number of nitrogens with zero attached hydrogens (tertiary/aromatic N) is 2. The molecule has 4 heteroatoms. The summed E-state index contributed by atoms with van der Waals surface area (Å²) in [6.45, 7) is 6.40. The van der Waals surface area contributed by atoms with E-state index in [1.54, 1.807) is 10.9 Å². The Labute approximate surface area is 115 Å². The van der Waals surface area contributed by atoms with Gasteiger partial charge in [0.2, 0.25) is 0 Å². The summed E-state index contributed by atoms with van der Waals surface area (Å²) < 4.78 is 7.61. The molecule has 1 saturated carbocycles. The predicted octanol–water partition coefficient (Wildman–Crippen LogP) is 2.81. The highest BCUT2D eigenvalue weighted by atomic mass is 16.5. The summed E-state index contributed by atoms with van der Waals surface area (Å²) in [6.07, 6.45) is 13.7. The predicted molar refractivity (Wildman–Crippen MR) is 77.8 cm³/mol. The summed E-state index contributed by atoms with van der Waals surface area (Å²) in [6, 6.07) is 0. The first-order chi connectivity index (χ1) is 9.38. The zero-order valence-corrected chi connectivity index (χ0v) is 11.7. The van der Waals surface area contributed by atoms with Crippen molar-refractivity contribution in [3.05, 3.63) is 24.5 Å². The first kappa shape index (κ1) is 14.3. The van der Waals surface area contributed by atoms with Gasteiger partial charge in [-0.25, -0.2) is 4.68 Å². The van der Waals surface area contributed by atoms with E-state index in [0.29, 0.717) is 6.10 Å². The maximum atomic E-state index is 5.89. The fourth-order valence-corrected chi connectivity index (χ4v) is 2.48. The van der Waals surface area contributed by atoms with Crippen molar-refractivity contribution >= 4 is 6.20 Å². The van der Waals surface area contributed by atoms with E-state index in [2.05, 4.69) is 17.0 Å². The zero-order valence-electron chi connectivity index (χ0n) is 11.7. The number of hydrogen-bond acceptors (Lipinski definition) is 3. The van der Waals surface area contributed by atoms with Crippen molar-refractivity contribution in [2.24, 2.45) is 0 Å². The van der Waals surface area contributed by atoms with Crippen molar-refractivity contribution < 1.29 is 4.74 Å². The van der Waals surface area contributed by atoms with Gasteiger partial charge in [-0.05, 0) is 25.8 Å². The minimum absolute atomic E-state index is 0.527. The van der Waals surface area contributed by atoms with Crippen LogP contribution >= 0.6 is 0 Å². The molecule has 1 aromatic rings. The van der Waals surface area contributed by atoms with Crippen molar-refractivity contribution in [1.29, 1.82) is 0 Å². The number of nitrogens with one attached hydrogen (secondary N) is 1. The Morgan fingerprint density at radius 2 is 2.26 bits per heavy atom. The van der Waals surface area contributed by atoms with E-state index in [1.807, 2.05) is 12.4 Å². The van der Waals surface area contributed by atoms with Crippen molar-refractivity contribution in [2.45, 2.75) is 51.2 Å². The largest absolute Gasteiger partial charge is 0.378 e. The average Bonchev–Trinajstić information content (AvgIpc) is 2.92. The highest BCUT2D eigenvalue weighted by Crippen LogP contribution is 2.20. The normalized spacial score (nSPS) is 16.6. The van der Waals surface area contributed by atoms with Crippen LogP contribution in [-0.4, -0.2) is 29.0 Å². The number of rotatable bonds is 8. The zero-order chi connectivity index (χ0) is 13.3. The van der Waals surface area contributed by atoms with Gasteiger partial charge in [-0.3, -0.25) is 0 Å². The second-order valence-corrected chi connectivity index (χ2v) is 5.17. The van der Waals surface area contributed by atoms with Crippen LogP contribution in [0.25, 0.3) is 6.20 Å². The molecule has 1 heterocycles. The summed E-state index contributed by atoms with van der Waals surface area (Å²) in [5, 5.41) is 7.55. The molecule has 2 rings (SSSR count). The van der Waals surface area contributed by atoms with E-state index in [0.717, 1.165) is 26.1 Å². The van der Waals surface area contributed by atoms with Crippen molar-refractivity contribution in [2.75, 3.05) is 13.2 Å². The van der Waals surface area contributed by atoms with Crippen molar-refractivity contribution in [3.8, 4) is 0 Å². The summed E-state index contributed by atoms with van der Waals surface area (Å²) >= 11 is 0. The van der Waals surface area contributed by atoms with Gasteiger partial charge in [-0.2, -0.15) is 5.10 Å². The van der Waals surface area contributed by atoms with Crippen LogP contribution in [0.2, 0.25) is 0 Å². The van der Waals surface area contributed by atoms with Crippen LogP contribution in [0.3, 0.4) is 0 Å². The standard InChI is InChI=1S/C15H25N3O/c1-2-18-13-14(12-17-18)11-16-9-6-10-19-15-7-4-3-5-8-15/h2,12-13,15-16H,1,3-11H2. The van der Waals surface area contributed by atoms with Crippen LogP contribution in [0.1, 0.15) is 44.1 Å². The molecule has 4 nitrogen and oxygen atoms in total. The minimum atomic E-state index is 0.527. The van der Waals surface area contributed by atoms with Crippen LogP contribution < -0.4 is 5.32 Å². The van der Waals surface area contributed by atoms with E-state index in [4.69, 9.17) is 4.74 Å². The monoisotopic (exact) mass is 263 g/mol. The molecule has 0 aromatic carbocycles. The fraction of sp³-hybridized carbons (Fsp3) is 0.667. The third kappa shape index (κ3) is 5.17. The smallest absolute Gasteiger partial charge is 0.0575 e. The Balaban J connectivity index is 1.48. The molecule has 0 unspecified atom stereocenters. The van der Waals surface area contributed by atoms with Gasteiger partial charge in [0.15, 0.2) is 0 Å². The molecule has 0 radical (unpaired) electrons. The minimum Gasteiger partial charge on any atom is -0.378 e. The lowest BCUT2D eigenvalue weighted by Crippen LogP contribution is -2.20. The maximum Gasteiger partial charge on any atom is 0.0575 e. The molecule has 19 heavy (non-hydrogen) atoms. The highest BCUT2D eigenvalue weighted by Gasteiger charge is 2.12. The number of hydrogen-bond donors (Lipinski definition) is 1. The second-order valence-electron chi connectivity index (χ2n) is 5.17. The first-order valence-corrected chi connectivity index (χ1v) is 7.36. The third-order valence-corrected chi connectivity index (χ3v) is 3.57. The number of aromatic nitrogens is 2. The lowest BCUT2D eigenvalue weighted by atomic mass is 9.98. The first-order valence-electron chi connectivity index (χ1n) is 7.36. The second kappa shape index (κ2) is 8.12. The molecular weight excluding hydrogens is 238 g/mol. The van der Waals surface area contributed by atoms with Gasteiger partial charge in [0.05, 0.1) is 12.3 Å². The van der Waals surface area contributed by atoms with E-state index in [9.17, 15) is 0 Å². The van der Waals surface area contributed by atoms with Crippen molar-refractivity contribution in [1.82, 2.24) is 15.1 Å². The van der Waals surface area contributed by atoms with Gasteiger partial charge < -0.3 is 10.1 Å². The molecule has 1 aromatic heterocycles. The van der Waals surface area contributed by atoms with Gasteiger partial charge in [0.1, 0.15) is 0 Å². The topological polar surface area (TPSA) is 39.1 Å². The molecule has 0 spiro atoms. The lowest BCUT2D eigenvalue weighted by Gasteiger charge is -2.21. The van der Waals surface area contributed by atoms with Crippen molar-refractivity contribution in [3.63, 3.8) is 0 Å². The Morgan fingerprint density at radius 3 is 3.00 bits per heavy atom. The fourth-order valence-electron chi connectivity index (χ4n) is 2.48. The Bertz CT molecular complexity index is 369. The summed E-state index contributed by atoms with van der Waals surface area (Å²) in [4.78, 5) is 0. The van der Waals surface area contributed by atoms with Crippen LogP contribution in [0.5, 0.6) is 0 Å². The molecule has 0 amide bonds. The number of ether oxygens (including phenoxy) is 1. The summed E-state index contributed by atoms with van der Waals surface area (Å²) in [7, 11) is 0. The Morgan fingerprint density at radius 1 is 1.42 bits per heavy atom. The Hall–Kier alpha value is -1.13. The van der Waals surface area contributed by atoms with Gasteiger partial charge in [-0.1, -0.05) is 25.8 Å². The van der Waals surface area contributed by atoms with Crippen LogP contribution in [-0.2, 0) is 11.3 Å². The molecule has 0 atom stereocenters. The quantitative estimate of drug-likeness (QED) is 0.733. The van der Waals surface area contributed by atoms with E-state index in [1.165, 1.54) is 37.7 Å². The molecule has 1 fully saturated rings. The Kier molecular flexibility index (Phi) is 6.11. The molecule has 0 bridgehead atoms. The molecule has 1 aliphatic rings. The lowest BCUT2D eigenvalue weighted by molar-refractivity contribution is 0.0273. The maximum absolute atomic E-state index is 5.89. The van der Waals surface area contributed by atoms with Gasteiger partial charge in [0.25, 0.3) is 0 Å². The van der Waals surface area contributed by atoms with E-state index < -0.39 is 0 Å². The molecule has 0 aliphatic heterocycles. The van der Waals surface area contributed by atoms with Crippen LogP contribution in [0, 0.1) is 0 Å².